The Kier molecular flexibility index (Phi) is 2.94. The first-order chi connectivity index (χ1) is 6.45. The Morgan fingerprint density at radius 3 is 2.64 bits per heavy atom. The molecule has 80 valence electrons. The van der Waals surface area contributed by atoms with E-state index >= 15 is 0 Å². The fourth-order valence-electron chi connectivity index (χ4n) is 0.854. The molecular formula is C6H9F3N4O. The molecule has 0 fully saturated rings. The van der Waals surface area contributed by atoms with Gasteiger partial charge in [-0.1, -0.05) is 0 Å². The number of nitrogens with one attached hydrogen (secondary N) is 2. The molecule has 8 heteroatoms. The largest absolute Gasteiger partial charge is 0.451 e. The lowest BCUT2D eigenvalue weighted by atomic mass is 10.6. The number of hydrogen-bond donors (Lipinski definition) is 2. The van der Waals surface area contributed by atoms with E-state index in [0.29, 0.717) is 6.54 Å². The van der Waals surface area contributed by atoms with Crippen molar-refractivity contribution in [3.8, 4) is 0 Å². The van der Waals surface area contributed by atoms with Crippen molar-refractivity contribution in [2.45, 2.75) is 12.7 Å². The van der Waals surface area contributed by atoms with Crippen molar-refractivity contribution in [2.24, 2.45) is 0 Å². The number of hydrogen-bond acceptors (Lipinski definition) is 3. The molecule has 2 N–H and O–H groups in total. The average Bonchev–Trinajstić information content (AvgIpc) is 2.43. The minimum atomic E-state index is -4.61. The predicted molar refractivity (Wildman–Crippen MR) is 41.8 cm³/mol. The molecule has 1 heterocycles. The zero-order valence-electron chi connectivity index (χ0n) is 7.35. The average molecular weight is 210 g/mol. The summed E-state index contributed by atoms with van der Waals surface area (Å²) >= 11 is 0. The van der Waals surface area contributed by atoms with E-state index in [1.165, 1.54) is 0 Å². The number of H-pyrrole nitrogens is 1. The summed E-state index contributed by atoms with van der Waals surface area (Å²) in [4.78, 5) is 12.5. The number of halogens is 3. The SMILES string of the molecule is CNCCn1nc(C(F)(F)F)[nH]c1=O. The number of likely N-dealkylation sites (N-methyl/N-ethyl adjacent to an activating group) is 1. The van der Waals surface area contributed by atoms with Gasteiger partial charge in [-0.15, -0.1) is 5.10 Å². The van der Waals surface area contributed by atoms with Crippen LogP contribution in [0.15, 0.2) is 4.79 Å². The topological polar surface area (TPSA) is 62.7 Å². The Labute approximate surface area is 76.9 Å². The minimum Gasteiger partial charge on any atom is -0.318 e. The van der Waals surface area contributed by atoms with Crippen molar-refractivity contribution >= 4 is 0 Å². The van der Waals surface area contributed by atoms with Gasteiger partial charge in [0, 0.05) is 6.54 Å². The summed E-state index contributed by atoms with van der Waals surface area (Å²) in [6.45, 7) is 0.476. The first kappa shape index (κ1) is 10.8. The zero-order valence-corrected chi connectivity index (χ0v) is 7.35. The van der Waals surface area contributed by atoms with Gasteiger partial charge in [-0.3, -0.25) is 4.98 Å². The molecule has 0 atom stereocenters. The molecular weight excluding hydrogens is 201 g/mol. The molecule has 0 spiro atoms. The second-order valence-corrected chi connectivity index (χ2v) is 2.60. The first-order valence-corrected chi connectivity index (χ1v) is 3.84. The second kappa shape index (κ2) is 3.82. The van der Waals surface area contributed by atoms with E-state index in [1.807, 2.05) is 0 Å². The second-order valence-electron chi connectivity index (χ2n) is 2.60. The van der Waals surface area contributed by atoms with E-state index in [-0.39, 0.29) is 6.54 Å². The van der Waals surface area contributed by atoms with Crippen molar-refractivity contribution in [3.63, 3.8) is 0 Å². The van der Waals surface area contributed by atoms with Crippen LogP contribution in [0.1, 0.15) is 5.82 Å². The van der Waals surface area contributed by atoms with Gasteiger partial charge in [0.05, 0.1) is 6.54 Å². The summed E-state index contributed by atoms with van der Waals surface area (Å²) in [7, 11) is 1.63. The predicted octanol–water partition coefficient (Wildman–Crippen LogP) is -0.190. The summed E-state index contributed by atoms with van der Waals surface area (Å²) in [5, 5.41) is 5.80. The van der Waals surface area contributed by atoms with E-state index in [2.05, 4.69) is 10.4 Å². The van der Waals surface area contributed by atoms with Crippen LogP contribution in [0.2, 0.25) is 0 Å². The monoisotopic (exact) mass is 210 g/mol. The first-order valence-electron chi connectivity index (χ1n) is 3.84. The zero-order chi connectivity index (χ0) is 10.8. The van der Waals surface area contributed by atoms with Crippen molar-refractivity contribution in [3.05, 3.63) is 16.3 Å². The molecule has 0 aliphatic rings. The third-order valence-electron chi connectivity index (χ3n) is 1.52. The summed E-state index contributed by atoms with van der Waals surface area (Å²) < 4.78 is 36.9. The molecule has 14 heavy (non-hydrogen) atoms. The van der Waals surface area contributed by atoms with E-state index < -0.39 is 17.7 Å². The lowest BCUT2D eigenvalue weighted by Gasteiger charge is -1.99. The fourth-order valence-corrected chi connectivity index (χ4v) is 0.854. The molecule has 0 aliphatic heterocycles. The highest BCUT2D eigenvalue weighted by molar-refractivity contribution is 4.87. The maximum Gasteiger partial charge on any atom is 0.451 e. The Morgan fingerprint density at radius 2 is 2.21 bits per heavy atom. The van der Waals surface area contributed by atoms with Crippen molar-refractivity contribution < 1.29 is 13.2 Å². The van der Waals surface area contributed by atoms with Crippen LogP contribution in [-0.2, 0) is 12.7 Å². The normalized spacial score (nSPS) is 12.0. The Bertz CT molecular complexity index is 353. The fraction of sp³-hybridized carbons (Fsp3) is 0.667. The van der Waals surface area contributed by atoms with Crippen LogP contribution in [0.5, 0.6) is 0 Å². The van der Waals surface area contributed by atoms with Crippen molar-refractivity contribution in [2.75, 3.05) is 13.6 Å². The summed E-state index contributed by atoms with van der Waals surface area (Å²) in [5.74, 6) is -1.27. The summed E-state index contributed by atoms with van der Waals surface area (Å²) in [6, 6.07) is 0. The number of nitrogens with zero attached hydrogens (tertiary/aromatic N) is 2. The molecule has 0 bridgehead atoms. The van der Waals surface area contributed by atoms with Gasteiger partial charge in [0.15, 0.2) is 0 Å². The lowest BCUT2D eigenvalue weighted by molar-refractivity contribution is -0.145. The molecule has 0 aliphatic carbocycles. The highest BCUT2D eigenvalue weighted by atomic mass is 19.4. The Hall–Kier alpha value is -1.31. The van der Waals surface area contributed by atoms with Gasteiger partial charge in [0.1, 0.15) is 0 Å². The van der Waals surface area contributed by atoms with Crippen LogP contribution in [0.25, 0.3) is 0 Å². The molecule has 1 aromatic rings. The van der Waals surface area contributed by atoms with Crippen molar-refractivity contribution in [1.29, 1.82) is 0 Å². The molecule has 0 radical (unpaired) electrons. The van der Waals surface area contributed by atoms with E-state index in [4.69, 9.17) is 0 Å². The molecule has 1 rings (SSSR count). The quantitative estimate of drug-likeness (QED) is 0.726. The maximum atomic E-state index is 12.0. The van der Waals surface area contributed by atoms with Crippen LogP contribution in [0.3, 0.4) is 0 Å². The van der Waals surface area contributed by atoms with Crippen LogP contribution in [-0.4, -0.2) is 28.4 Å². The van der Waals surface area contributed by atoms with E-state index in [9.17, 15) is 18.0 Å². The minimum absolute atomic E-state index is 0.0991. The van der Waals surface area contributed by atoms with Gasteiger partial charge in [-0.25, -0.2) is 9.48 Å². The van der Waals surface area contributed by atoms with Crippen LogP contribution < -0.4 is 11.0 Å². The van der Waals surface area contributed by atoms with Gasteiger partial charge in [0.2, 0.25) is 5.82 Å². The van der Waals surface area contributed by atoms with Crippen molar-refractivity contribution in [1.82, 2.24) is 20.1 Å². The molecule has 5 nitrogen and oxygen atoms in total. The third kappa shape index (κ3) is 2.34. The molecule has 0 saturated heterocycles. The molecule has 0 amide bonds. The van der Waals surface area contributed by atoms with Gasteiger partial charge in [-0.2, -0.15) is 13.2 Å². The van der Waals surface area contributed by atoms with Crippen LogP contribution in [0, 0.1) is 0 Å². The van der Waals surface area contributed by atoms with Crippen LogP contribution >= 0.6 is 0 Å². The smallest absolute Gasteiger partial charge is 0.318 e. The standard InChI is InChI=1S/C6H9F3N4O/c1-10-2-3-13-5(14)11-4(12-13)6(7,8)9/h10H,2-3H2,1H3,(H,11,12,14). The van der Waals surface area contributed by atoms with E-state index in [1.54, 1.807) is 12.0 Å². The number of alkyl halides is 3. The van der Waals surface area contributed by atoms with Crippen LogP contribution in [0.4, 0.5) is 13.2 Å². The molecule has 0 unspecified atom stereocenters. The Morgan fingerprint density at radius 1 is 1.57 bits per heavy atom. The highest BCUT2D eigenvalue weighted by Crippen LogP contribution is 2.24. The molecule has 0 saturated carbocycles. The third-order valence-corrected chi connectivity index (χ3v) is 1.52. The number of aromatic nitrogens is 3. The van der Waals surface area contributed by atoms with Gasteiger partial charge >= 0.3 is 11.9 Å². The maximum absolute atomic E-state index is 12.0. The lowest BCUT2D eigenvalue weighted by Crippen LogP contribution is -2.24. The Balaban J connectivity index is 2.88. The highest BCUT2D eigenvalue weighted by Gasteiger charge is 2.35. The number of aromatic amines is 1. The van der Waals surface area contributed by atoms with Gasteiger partial charge in [-0.05, 0) is 7.05 Å². The van der Waals surface area contributed by atoms with E-state index in [0.717, 1.165) is 4.68 Å². The van der Waals surface area contributed by atoms with Gasteiger partial charge in [0.25, 0.3) is 0 Å². The molecule has 1 aromatic heterocycles. The number of rotatable bonds is 3. The summed E-state index contributed by atoms with van der Waals surface area (Å²) in [5.41, 5.74) is -0.854. The van der Waals surface area contributed by atoms with Gasteiger partial charge < -0.3 is 5.32 Å². The molecule has 0 aromatic carbocycles. The summed E-state index contributed by atoms with van der Waals surface area (Å²) in [6.07, 6.45) is -4.61.